The SMILES string of the molecule is C1=C[C@H](c2cccc(-c3csc(-c4c[nH]c5ncccc45)n3)c2)c2cnccc21. The number of thiazole rings is 1. The highest BCUT2D eigenvalue weighted by Gasteiger charge is 2.20. The monoisotopic (exact) mass is 392 g/mol. The summed E-state index contributed by atoms with van der Waals surface area (Å²) in [5.74, 6) is 0.247. The van der Waals surface area contributed by atoms with Gasteiger partial charge in [0.2, 0.25) is 0 Å². The fourth-order valence-electron chi connectivity index (χ4n) is 3.98. The Morgan fingerprint density at radius 3 is 3.03 bits per heavy atom. The zero-order valence-corrected chi connectivity index (χ0v) is 16.2. The number of aromatic amines is 1. The number of rotatable bonds is 3. The summed E-state index contributed by atoms with van der Waals surface area (Å²) in [6.45, 7) is 0. The van der Waals surface area contributed by atoms with Crippen LogP contribution in [-0.2, 0) is 0 Å². The van der Waals surface area contributed by atoms with Crippen LogP contribution in [0.5, 0.6) is 0 Å². The first-order valence-corrected chi connectivity index (χ1v) is 10.4. The van der Waals surface area contributed by atoms with Crippen LogP contribution in [0.1, 0.15) is 22.6 Å². The van der Waals surface area contributed by atoms with Gasteiger partial charge in [0.25, 0.3) is 0 Å². The van der Waals surface area contributed by atoms with Crippen molar-refractivity contribution in [1.29, 1.82) is 0 Å². The molecule has 6 rings (SSSR count). The van der Waals surface area contributed by atoms with Crippen molar-refractivity contribution in [3.63, 3.8) is 0 Å². The number of nitrogens with one attached hydrogen (secondary N) is 1. The smallest absolute Gasteiger partial charge is 0.137 e. The van der Waals surface area contributed by atoms with Crippen molar-refractivity contribution in [2.24, 2.45) is 0 Å². The van der Waals surface area contributed by atoms with E-state index in [-0.39, 0.29) is 5.92 Å². The van der Waals surface area contributed by atoms with Crippen molar-refractivity contribution in [3.05, 3.63) is 95.4 Å². The van der Waals surface area contributed by atoms with Crippen LogP contribution >= 0.6 is 11.3 Å². The molecule has 0 saturated heterocycles. The number of fused-ring (bicyclic) bond motifs is 2. The Morgan fingerprint density at radius 2 is 2.03 bits per heavy atom. The Balaban J connectivity index is 1.38. The molecule has 1 N–H and O–H groups in total. The second kappa shape index (κ2) is 6.50. The van der Waals surface area contributed by atoms with E-state index in [1.54, 1.807) is 17.5 Å². The molecular weight excluding hydrogens is 376 g/mol. The van der Waals surface area contributed by atoms with Crippen LogP contribution in [0.3, 0.4) is 0 Å². The summed E-state index contributed by atoms with van der Waals surface area (Å²) in [5, 5.41) is 4.23. The van der Waals surface area contributed by atoms with Gasteiger partial charge in [0.1, 0.15) is 10.7 Å². The van der Waals surface area contributed by atoms with Crippen LogP contribution in [0.15, 0.2) is 78.7 Å². The topological polar surface area (TPSA) is 54.5 Å². The fraction of sp³-hybridized carbons (Fsp3) is 0.0417. The summed E-state index contributed by atoms with van der Waals surface area (Å²) in [5.41, 5.74) is 7.89. The Bertz CT molecular complexity index is 1380. The minimum absolute atomic E-state index is 0.247. The average molecular weight is 392 g/mol. The predicted octanol–water partition coefficient (Wildman–Crippen LogP) is 5.91. The Hall–Kier alpha value is -3.57. The fourth-order valence-corrected chi connectivity index (χ4v) is 4.84. The molecule has 0 fully saturated rings. The maximum absolute atomic E-state index is 4.93. The minimum atomic E-state index is 0.247. The Labute approximate surface area is 171 Å². The largest absolute Gasteiger partial charge is 0.345 e. The van der Waals surface area contributed by atoms with Gasteiger partial charge in [-0.15, -0.1) is 11.3 Å². The average Bonchev–Trinajstić information content (AvgIpc) is 3.51. The van der Waals surface area contributed by atoms with Gasteiger partial charge in [-0.3, -0.25) is 4.98 Å². The van der Waals surface area contributed by atoms with Crippen LogP contribution in [-0.4, -0.2) is 19.9 Å². The molecule has 1 aliphatic carbocycles. The molecule has 5 heteroatoms. The second-order valence-corrected chi connectivity index (χ2v) is 7.96. The number of hydrogen-bond acceptors (Lipinski definition) is 4. The van der Waals surface area contributed by atoms with Gasteiger partial charge in [-0.05, 0) is 41.0 Å². The van der Waals surface area contributed by atoms with Crippen LogP contribution in [0.2, 0.25) is 0 Å². The molecule has 0 aliphatic heterocycles. The molecule has 0 unspecified atom stereocenters. The number of pyridine rings is 2. The van der Waals surface area contributed by atoms with E-state index in [4.69, 9.17) is 4.98 Å². The van der Waals surface area contributed by atoms with E-state index in [1.807, 2.05) is 24.7 Å². The molecule has 0 bridgehead atoms. The number of allylic oxidation sites excluding steroid dienone is 1. The van der Waals surface area contributed by atoms with Crippen molar-refractivity contribution < 1.29 is 0 Å². The third-order valence-electron chi connectivity index (χ3n) is 5.42. The first kappa shape index (κ1) is 16.4. The standard InChI is InChI=1S/C24H16N4S/c1-3-16(18-7-6-15-8-10-25-12-20(15)18)11-17(4-1)22-14-29-24(28-22)21-13-27-23-19(21)5-2-9-26-23/h1-14,18H,(H,26,27)/t18-/m1/s1. The van der Waals surface area contributed by atoms with E-state index in [0.29, 0.717) is 0 Å². The summed E-state index contributed by atoms with van der Waals surface area (Å²) in [6.07, 6.45) is 12.0. The molecular formula is C24H16N4S. The first-order chi connectivity index (χ1) is 14.4. The van der Waals surface area contributed by atoms with Gasteiger partial charge in [0.05, 0.1) is 5.69 Å². The molecule has 0 radical (unpaired) electrons. The van der Waals surface area contributed by atoms with Crippen LogP contribution in [0.4, 0.5) is 0 Å². The molecule has 0 spiro atoms. The molecule has 0 amide bonds. The quantitative estimate of drug-likeness (QED) is 0.415. The number of H-pyrrole nitrogens is 1. The first-order valence-electron chi connectivity index (χ1n) is 9.47. The summed E-state index contributed by atoms with van der Waals surface area (Å²) in [6, 6.07) is 14.8. The lowest BCUT2D eigenvalue weighted by Crippen LogP contribution is -1.97. The van der Waals surface area contributed by atoms with Crippen molar-refractivity contribution in [2.45, 2.75) is 5.92 Å². The minimum Gasteiger partial charge on any atom is -0.345 e. The van der Waals surface area contributed by atoms with Crippen molar-refractivity contribution in [1.82, 2.24) is 19.9 Å². The Kier molecular flexibility index (Phi) is 3.67. The molecule has 0 saturated carbocycles. The van der Waals surface area contributed by atoms with Crippen LogP contribution < -0.4 is 0 Å². The molecule has 1 aliphatic rings. The normalized spacial score (nSPS) is 15.1. The van der Waals surface area contributed by atoms with Gasteiger partial charge in [0.15, 0.2) is 0 Å². The van der Waals surface area contributed by atoms with Gasteiger partial charge >= 0.3 is 0 Å². The number of nitrogens with zero attached hydrogens (tertiary/aromatic N) is 3. The highest BCUT2D eigenvalue weighted by atomic mass is 32.1. The molecule has 1 aromatic carbocycles. The number of benzene rings is 1. The zero-order chi connectivity index (χ0) is 19.2. The zero-order valence-electron chi connectivity index (χ0n) is 15.4. The molecule has 4 nitrogen and oxygen atoms in total. The highest BCUT2D eigenvalue weighted by Crippen LogP contribution is 2.37. The third kappa shape index (κ3) is 2.70. The van der Waals surface area contributed by atoms with E-state index in [9.17, 15) is 0 Å². The molecule has 5 aromatic rings. The third-order valence-corrected chi connectivity index (χ3v) is 6.29. The van der Waals surface area contributed by atoms with Gasteiger partial charge in [0, 0.05) is 52.6 Å². The van der Waals surface area contributed by atoms with Gasteiger partial charge in [-0.1, -0.05) is 30.4 Å². The lowest BCUT2D eigenvalue weighted by molar-refractivity contribution is 1.03. The summed E-state index contributed by atoms with van der Waals surface area (Å²) in [7, 11) is 0. The van der Waals surface area contributed by atoms with Crippen LogP contribution in [0.25, 0.3) is 38.9 Å². The van der Waals surface area contributed by atoms with E-state index >= 15 is 0 Å². The van der Waals surface area contributed by atoms with Crippen molar-refractivity contribution in [3.8, 4) is 21.8 Å². The Morgan fingerprint density at radius 1 is 1.03 bits per heavy atom. The maximum Gasteiger partial charge on any atom is 0.137 e. The molecule has 29 heavy (non-hydrogen) atoms. The van der Waals surface area contributed by atoms with E-state index in [0.717, 1.165) is 32.9 Å². The van der Waals surface area contributed by atoms with Gasteiger partial charge in [-0.2, -0.15) is 0 Å². The summed E-state index contributed by atoms with van der Waals surface area (Å²) in [4.78, 5) is 16.8. The molecule has 4 heterocycles. The maximum atomic E-state index is 4.93. The lowest BCUT2D eigenvalue weighted by Gasteiger charge is -2.12. The van der Waals surface area contributed by atoms with Crippen molar-refractivity contribution >= 4 is 28.4 Å². The van der Waals surface area contributed by atoms with Gasteiger partial charge < -0.3 is 4.98 Å². The van der Waals surface area contributed by atoms with E-state index < -0.39 is 0 Å². The second-order valence-electron chi connectivity index (χ2n) is 7.11. The van der Waals surface area contributed by atoms with E-state index in [2.05, 4.69) is 68.9 Å². The lowest BCUT2D eigenvalue weighted by atomic mass is 9.93. The van der Waals surface area contributed by atoms with Crippen molar-refractivity contribution in [2.75, 3.05) is 0 Å². The molecule has 4 aromatic heterocycles. The summed E-state index contributed by atoms with van der Waals surface area (Å²) >= 11 is 1.66. The highest BCUT2D eigenvalue weighted by molar-refractivity contribution is 7.13. The number of aromatic nitrogens is 4. The molecule has 1 atom stereocenters. The summed E-state index contributed by atoms with van der Waals surface area (Å²) < 4.78 is 0. The van der Waals surface area contributed by atoms with Crippen LogP contribution in [0, 0.1) is 0 Å². The number of hydrogen-bond donors (Lipinski definition) is 1. The molecule has 138 valence electrons. The van der Waals surface area contributed by atoms with Gasteiger partial charge in [-0.25, -0.2) is 9.97 Å². The van der Waals surface area contributed by atoms with E-state index in [1.165, 1.54) is 16.7 Å². The predicted molar refractivity (Wildman–Crippen MR) is 118 cm³/mol.